The number of para-hydroxylation sites is 2. The number of ether oxygens (including phenoxy) is 2. The highest BCUT2D eigenvalue weighted by Crippen LogP contribution is 2.26. The van der Waals surface area contributed by atoms with Crippen LogP contribution in [0.4, 0.5) is 0 Å². The number of nitrogens with one attached hydrogen (secondary N) is 1. The zero-order chi connectivity index (χ0) is 16.7. The largest absolute Gasteiger partial charge is 0.490 e. The lowest BCUT2D eigenvalue weighted by Gasteiger charge is -2.38. The van der Waals surface area contributed by atoms with Crippen molar-refractivity contribution in [3.8, 4) is 11.5 Å². The molecule has 5 nitrogen and oxygen atoms in total. The Balaban J connectivity index is 1.76. The number of carbonyl (C=O) groups is 1. The first-order valence-corrected chi connectivity index (χ1v) is 8.51. The third-order valence-electron chi connectivity index (χ3n) is 4.30. The second-order valence-corrected chi connectivity index (χ2v) is 5.90. The molecular weight excluding hydrogens is 292 g/mol. The summed E-state index contributed by atoms with van der Waals surface area (Å²) in [6.07, 6.45) is 1.23. The maximum absolute atomic E-state index is 12.4. The zero-order valence-electron chi connectivity index (χ0n) is 14.4. The minimum absolute atomic E-state index is 0.215. The molecule has 1 aliphatic rings. The Morgan fingerprint density at radius 3 is 2.65 bits per heavy atom. The first-order valence-electron chi connectivity index (χ1n) is 8.51. The van der Waals surface area contributed by atoms with Crippen molar-refractivity contribution in [2.45, 2.75) is 45.7 Å². The number of nitrogens with zero attached hydrogens (tertiary/aromatic N) is 1. The molecule has 0 radical (unpaired) electrons. The molecule has 2 rings (SSSR count). The number of rotatable bonds is 7. The number of benzene rings is 1. The van der Waals surface area contributed by atoms with Gasteiger partial charge in [0.2, 0.25) is 5.91 Å². The number of carbonyl (C=O) groups excluding carboxylic acids is 1. The standard InChI is InChI=1S/C18H28N2O3/c1-4-22-16-8-5-6-9-17(16)23-13-7-10-18(21)20-12-11-19-14(2)15(20)3/h5-6,8-9,14-15,19H,4,7,10-13H2,1-3H3. The van der Waals surface area contributed by atoms with Crippen LogP contribution < -0.4 is 14.8 Å². The van der Waals surface area contributed by atoms with E-state index in [4.69, 9.17) is 9.47 Å². The van der Waals surface area contributed by atoms with E-state index in [0.29, 0.717) is 32.1 Å². The Labute approximate surface area is 139 Å². The zero-order valence-corrected chi connectivity index (χ0v) is 14.4. The summed E-state index contributed by atoms with van der Waals surface area (Å²) in [6, 6.07) is 8.24. The van der Waals surface area contributed by atoms with Gasteiger partial charge in [-0.2, -0.15) is 0 Å². The molecule has 0 aliphatic carbocycles. The van der Waals surface area contributed by atoms with Gasteiger partial charge >= 0.3 is 0 Å². The fraction of sp³-hybridized carbons (Fsp3) is 0.611. The van der Waals surface area contributed by atoms with Gasteiger partial charge in [-0.3, -0.25) is 4.79 Å². The monoisotopic (exact) mass is 320 g/mol. The van der Waals surface area contributed by atoms with Gasteiger partial charge in [-0.15, -0.1) is 0 Å². The Bertz CT molecular complexity index is 507. The van der Waals surface area contributed by atoms with E-state index in [2.05, 4.69) is 19.2 Å². The fourth-order valence-corrected chi connectivity index (χ4v) is 2.80. The first kappa shape index (κ1) is 17.6. The van der Waals surface area contributed by atoms with Crippen LogP contribution in [-0.4, -0.2) is 49.2 Å². The summed E-state index contributed by atoms with van der Waals surface area (Å²) in [5, 5.41) is 3.39. The molecule has 1 fully saturated rings. The van der Waals surface area contributed by atoms with E-state index in [1.54, 1.807) is 0 Å². The van der Waals surface area contributed by atoms with Gasteiger partial charge in [-0.1, -0.05) is 12.1 Å². The molecule has 1 aliphatic heterocycles. The number of amides is 1. The molecule has 1 heterocycles. The first-order chi connectivity index (χ1) is 11.1. The van der Waals surface area contributed by atoms with Crippen LogP contribution in [0.25, 0.3) is 0 Å². The predicted molar refractivity (Wildman–Crippen MR) is 91.0 cm³/mol. The van der Waals surface area contributed by atoms with E-state index in [1.807, 2.05) is 36.1 Å². The van der Waals surface area contributed by atoms with Crippen LogP contribution in [0.5, 0.6) is 11.5 Å². The van der Waals surface area contributed by atoms with Gasteiger partial charge in [-0.25, -0.2) is 0 Å². The molecule has 2 atom stereocenters. The predicted octanol–water partition coefficient (Wildman–Crippen LogP) is 2.45. The molecule has 23 heavy (non-hydrogen) atoms. The van der Waals surface area contributed by atoms with Gasteiger partial charge in [0.15, 0.2) is 11.5 Å². The third-order valence-corrected chi connectivity index (χ3v) is 4.30. The van der Waals surface area contributed by atoms with Gasteiger partial charge in [-0.05, 0) is 39.3 Å². The molecule has 1 aromatic rings. The van der Waals surface area contributed by atoms with Gasteiger partial charge in [0.25, 0.3) is 0 Å². The Morgan fingerprint density at radius 1 is 1.26 bits per heavy atom. The summed E-state index contributed by atoms with van der Waals surface area (Å²) in [4.78, 5) is 14.3. The van der Waals surface area contributed by atoms with Gasteiger partial charge in [0.05, 0.1) is 13.2 Å². The number of hydrogen-bond acceptors (Lipinski definition) is 4. The van der Waals surface area contributed by atoms with Crippen LogP contribution in [0.15, 0.2) is 24.3 Å². The lowest BCUT2D eigenvalue weighted by atomic mass is 10.1. The number of hydrogen-bond donors (Lipinski definition) is 1. The summed E-state index contributed by atoms with van der Waals surface area (Å²) < 4.78 is 11.3. The maximum Gasteiger partial charge on any atom is 0.223 e. The van der Waals surface area contributed by atoms with Crippen LogP contribution in [0.1, 0.15) is 33.6 Å². The maximum atomic E-state index is 12.4. The summed E-state index contributed by atoms with van der Waals surface area (Å²) >= 11 is 0. The van der Waals surface area contributed by atoms with Crippen molar-refractivity contribution in [1.82, 2.24) is 10.2 Å². The van der Waals surface area contributed by atoms with E-state index in [1.165, 1.54) is 0 Å². The normalized spacial score (nSPS) is 21.1. The second-order valence-electron chi connectivity index (χ2n) is 5.90. The molecule has 128 valence electrons. The van der Waals surface area contributed by atoms with Gasteiger partial charge in [0.1, 0.15) is 0 Å². The van der Waals surface area contributed by atoms with E-state index in [0.717, 1.165) is 24.6 Å². The third kappa shape index (κ3) is 4.86. The average Bonchev–Trinajstić information content (AvgIpc) is 2.55. The summed E-state index contributed by atoms with van der Waals surface area (Å²) in [7, 11) is 0. The fourth-order valence-electron chi connectivity index (χ4n) is 2.80. The number of piperazine rings is 1. The Hall–Kier alpha value is -1.75. The van der Waals surface area contributed by atoms with E-state index >= 15 is 0 Å². The van der Waals surface area contributed by atoms with Gasteiger partial charge in [0, 0.05) is 31.6 Å². The molecule has 0 bridgehead atoms. The minimum Gasteiger partial charge on any atom is -0.490 e. The van der Waals surface area contributed by atoms with Crippen LogP contribution in [0.3, 0.4) is 0 Å². The van der Waals surface area contributed by atoms with E-state index < -0.39 is 0 Å². The summed E-state index contributed by atoms with van der Waals surface area (Å²) in [5.41, 5.74) is 0. The van der Waals surface area contributed by atoms with Crippen molar-refractivity contribution in [3.63, 3.8) is 0 Å². The molecule has 2 unspecified atom stereocenters. The highest BCUT2D eigenvalue weighted by molar-refractivity contribution is 5.76. The molecule has 5 heteroatoms. The lowest BCUT2D eigenvalue weighted by Crippen LogP contribution is -2.57. The molecule has 0 saturated carbocycles. The van der Waals surface area contributed by atoms with Crippen molar-refractivity contribution < 1.29 is 14.3 Å². The van der Waals surface area contributed by atoms with Crippen LogP contribution in [0.2, 0.25) is 0 Å². The Kier molecular flexibility index (Phi) is 6.71. The van der Waals surface area contributed by atoms with Crippen molar-refractivity contribution in [2.75, 3.05) is 26.3 Å². The molecule has 1 N–H and O–H groups in total. The average molecular weight is 320 g/mol. The summed E-state index contributed by atoms with van der Waals surface area (Å²) in [6.45, 7) is 8.96. The molecule has 0 aromatic heterocycles. The molecule has 1 saturated heterocycles. The SMILES string of the molecule is CCOc1ccccc1OCCCC(=O)N1CCNC(C)C1C. The van der Waals surface area contributed by atoms with Crippen molar-refractivity contribution in [1.29, 1.82) is 0 Å². The van der Waals surface area contributed by atoms with Crippen molar-refractivity contribution >= 4 is 5.91 Å². The van der Waals surface area contributed by atoms with Crippen LogP contribution in [0, 0.1) is 0 Å². The minimum atomic E-state index is 0.215. The van der Waals surface area contributed by atoms with Crippen molar-refractivity contribution in [3.05, 3.63) is 24.3 Å². The molecule has 1 amide bonds. The molecule has 1 aromatic carbocycles. The van der Waals surface area contributed by atoms with Gasteiger partial charge < -0.3 is 19.7 Å². The lowest BCUT2D eigenvalue weighted by molar-refractivity contribution is -0.135. The Morgan fingerprint density at radius 2 is 1.96 bits per heavy atom. The van der Waals surface area contributed by atoms with E-state index in [-0.39, 0.29) is 11.9 Å². The topological polar surface area (TPSA) is 50.8 Å². The smallest absolute Gasteiger partial charge is 0.223 e. The summed E-state index contributed by atoms with van der Waals surface area (Å²) in [5.74, 6) is 1.71. The highest BCUT2D eigenvalue weighted by atomic mass is 16.5. The van der Waals surface area contributed by atoms with E-state index in [9.17, 15) is 4.79 Å². The van der Waals surface area contributed by atoms with Crippen LogP contribution >= 0.6 is 0 Å². The second kappa shape index (κ2) is 8.77. The molecule has 0 spiro atoms. The van der Waals surface area contributed by atoms with Crippen LogP contribution in [-0.2, 0) is 4.79 Å². The molecular formula is C18H28N2O3. The quantitative estimate of drug-likeness (QED) is 0.784. The highest BCUT2D eigenvalue weighted by Gasteiger charge is 2.27. The van der Waals surface area contributed by atoms with Crippen molar-refractivity contribution in [2.24, 2.45) is 0 Å².